The summed E-state index contributed by atoms with van der Waals surface area (Å²) in [7, 11) is 1.24. The van der Waals surface area contributed by atoms with Crippen LogP contribution in [0.15, 0.2) is 232 Å². The van der Waals surface area contributed by atoms with E-state index in [0.717, 1.165) is 34.1 Å². The Labute approximate surface area is 767 Å². The van der Waals surface area contributed by atoms with Gasteiger partial charge < -0.3 is 48.0 Å². The first kappa shape index (κ1) is 94.0. The molecule has 9 aromatic heterocycles. The van der Waals surface area contributed by atoms with E-state index in [1.165, 1.54) is 130 Å². The summed E-state index contributed by atoms with van der Waals surface area (Å²) in [5.41, 5.74) is -1.71. The molecule has 0 aliphatic carbocycles. The van der Waals surface area contributed by atoms with E-state index in [9.17, 15) is 47.7 Å². The summed E-state index contributed by atoms with van der Waals surface area (Å²) >= 11 is 14.2. The maximum Gasteiger partial charge on any atom is 0.449 e. The van der Waals surface area contributed by atoms with Crippen LogP contribution in [0, 0.1) is 26.6 Å². The second kappa shape index (κ2) is 36.8. The Balaban J connectivity index is 0.710. The molecule has 34 heteroatoms. The van der Waals surface area contributed by atoms with Crippen molar-refractivity contribution in [3.05, 3.63) is 347 Å². The highest BCUT2D eigenvalue weighted by atomic mass is 35.5. The van der Waals surface area contributed by atoms with Gasteiger partial charge in [-0.1, -0.05) is 132 Å². The van der Waals surface area contributed by atoms with Gasteiger partial charge in [0.05, 0.1) is 76.9 Å². The van der Waals surface area contributed by atoms with E-state index in [2.05, 4.69) is 29.9 Å². The van der Waals surface area contributed by atoms with Crippen LogP contribution < -0.4 is 4.74 Å². The Morgan fingerprint density at radius 1 is 0.410 bits per heavy atom. The lowest BCUT2D eigenvalue weighted by molar-refractivity contribution is -0.155. The number of furan rings is 3. The first-order valence-electron chi connectivity index (χ1n) is 41.4. The van der Waals surface area contributed by atoms with Gasteiger partial charge in [0.1, 0.15) is 45.2 Å². The molecule has 6 aromatic carbocycles. The van der Waals surface area contributed by atoms with E-state index >= 15 is 40.3 Å². The first-order chi connectivity index (χ1) is 63.4. The third kappa shape index (κ3) is 19.2. The summed E-state index contributed by atoms with van der Waals surface area (Å²) in [5, 5.41) is 32.5. The second-order valence-corrected chi connectivity index (χ2v) is 34.2. The molecule has 9 heterocycles. The molecule has 15 aromatic rings. The largest absolute Gasteiger partial charge is 0.494 e. The van der Waals surface area contributed by atoms with Crippen LogP contribution in [0.25, 0.3) is 66.5 Å². The number of carboxylic acid groups (broad SMARTS) is 3. The van der Waals surface area contributed by atoms with Gasteiger partial charge in [0.25, 0.3) is 17.7 Å². The molecule has 686 valence electrons. The third-order valence-electron chi connectivity index (χ3n) is 23.9. The summed E-state index contributed by atoms with van der Waals surface area (Å²) in [6.07, 6.45) is -11.7. The minimum atomic E-state index is -5.31. The standard InChI is InChI=1S/C100H79Cl2F10N9O13/c1-53-35-73(84-78(117-53)22-13-32-113-84)89(122)119(47-62-27-24-59(41-74(62)101)56-15-9-18-67(36-56)95(4,5)92(125)126)51-71-39-65(87(133-71)99(107,108)109)44-96(6,93(127)128)68-19-10-16-57(37-68)60-25-28-63(75(102)42-60)48-120(91(124)83-80(131-8)46-116-77-21-12-33-114-85(77)83)52-72-40-66(88(134-72)100(110,111)112)45-97(7,94(129)130)69-20-11-17-58(38-69)61-26-29-64(76(103)43-61)49-121(50-70-30-31-81(132-70)98(104,105)106)90(123)82-54(2)55(3)118-79-23-14-34-115-86(79)82/h9-43,46H,44-45,47-52H2,1-8H3,(H,125,126)(H,127,128)(H,129,130). The Morgan fingerprint density at radius 2 is 0.843 bits per heavy atom. The molecule has 0 radical (unpaired) electrons. The van der Waals surface area contributed by atoms with Gasteiger partial charge >= 0.3 is 36.4 Å². The molecular weight excluding hydrogens is 1800 g/mol. The van der Waals surface area contributed by atoms with Gasteiger partial charge in [0.2, 0.25) is 17.3 Å². The van der Waals surface area contributed by atoms with Gasteiger partial charge in [0.15, 0.2) is 5.75 Å². The van der Waals surface area contributed by atoms with E-state index in [-0.39, 0.29) is 106 Å². The van der Waals surface area contributed by atoms with Crippen LogP contribution in [0.5, 0.6) is 5.75 Å². The lowest BCUT2D eigenvalue weighted by atomic mass is 9.76. The van der Waals surface area contributed by atoms with E-state index < -0.39 is 162 Å². The van der Waals surface area contributed by atoms with Crippen molar-refractivity contribution in [1.29, 1.82) is 0 Å². The number of methoxy groups -OCH3 is 1. The number of aliphatic carboxylic acids is 3. The molecule has 3 N–H and O–H groups in total. The minimum absolute atomic E-state index is 0.00479. The minimum Gasteiger partial charge on any atom is -0.494 e. The molecule has 0 spiro atoms. The maximum absolute atomic E-state index is 16.8. The molecule has 0 saturated carbocycles. The Hall–Kier alpha value is -14.7. The molecule has 0 aliphatic heterocycles. The van der Waals surface area contributed by atoms with E-state index in [0.29, 0.717) is 61.9 Å². The fourth-order valence-corrected chi connectivity index (χ4v) is 16.7. The predicted molar refractivity (Wildman–Crippen MR) is 475 cm³/mol. The first-order valence-corrected chi connectivity index (χ1v) is 42.2. The van der Waals surface area contributed by atoms with Crippen molar-refractivity contribution >= 4 is 91.9 Å². The molecule has 134 heavy (non-hydrogen) atoms. The Kier molecular flexibility index (Phi) is 25.8. The molecule has 15 rings (SSSR count). The number of hydrogen-bond donors (Lipinski definition) is 3. The van der Waals surface area contributed by atoms with Crippen LogP contribution in [0.3, 0.4) is 0 Å². The number of pyridine rings is 6. The monoisotopic (exact) mass is 1870 g/mol. The number of amides is 3. The number of ether oxygens (including phenoxy) is 1. The molecular formula is C100H79Cl2F10N9O13. The highest BCUT2D eigenvalue weighted by molar-refractivity contribution is 6.32. The average molecular weight is 1880 g/mol. The zero-order chi connectivity index (χ0) is 96.2. The van der Waals surface area contributed by atoms with Gasteiger partial charge in [-0.3, -0.25) is 58.7 Å². The van der Waals surface area contributed by atoms with Gasteiger partial charge in [-0.25, -0.2) is 4.39 Å². The van der Waals surface area contributed by atoms with Crippen LogP contribution >= 0.6 is 23.2 Å². The van der Waals surface area contributed by atoms with Crippen molar-refractivity contribution in [2.75, 3.05) is 7.11 Å². The van der Waals surface area contributed by atoms with Gasteiger partial charge in [-0.15, -0.1) is 0 Å². The number of fused-ring (bicyclic) bond motifs is 3. The van der Waals surface area contributed by atoms with Crippen LogP contribution in [-0.2, 0) is 101 Å². The zero-order valence-corrected chi connectivity index (χ0v) is 73.9. The maximum atomic E-state index is 16.8. The molecule has 2 unspecified atom stereocenters. The molecule has 3 amide bonds. The number of alkyl halides is 9. The lowest BCUT2D eigenvalue weighted by Crippen LogP contribution is -2.35. The fraction of sp³-hybridized carbons (Fsp3) is 0.220. The number of hydrogen-bond acceptors (Lipinski definition) is 16. The molecule has 2 atom stereocenters. The number of halogens is 12. The number of nitrogens with zero attached hydrogens (tertiary/aromatic N) is 9. The second-order valence-electron chi connectivity index (χ2n) is 33.4. The number of carbonyl (C=O) groups is 6. The Bertz CT molecular complexity index is 7200. The van der Waals surface area contributed by atoms with Crippen molar-refractivity contribution in [3.8, 4) is 39.1 Å². The SMILES string of the molecule is COc1cnc2cccnc2c1C(=O)N(Cc1cc(CC(C)(C(=O)O)c2cccc(-c3ccc(CN(Cc4ccc(C(F)(F)F)o4)C(=O)c4c(C)c(C)nc5cccnc45)c(F)c3)c2)c(C(F)(F)F)o1)Cc1ccc(-c2cccc(C(C)(Cc3cc(CN(Cc4ccc(-c5cccc(C(C)(C)C(=O)O)c5)cc4Cl)C(=O)c4cc(C)nc5cccnc45)oc3C(F)(F)F)C(=O)O)c2)cc1Cl. The third-order valence-corrected chi connectivity index (χ3v) is 24.6. The number of carbonyl (C=O) groups excluding carboxylic acids is 3. The number of carboxylic acids is 3. The van der Waals surface area contributed by atoms with Crippen LogP contribution in [0.2, 0.25) is 10.0 Å². The number of benzene rings is 6. The highest BCUT2D eigenvalue weighted by Crippen LogP contribution is 2.45. The van der Waals surface area contributed by atoms with E-state index in [1.807, 2.05) is 0 Å². The van der Waals surface area contributed by atoms with Crippen molar-refractivity contribution in [1.82, 2.24) is 44.6 Å². The smallest absolute Gasteiger partial charge is 0.449 e. The summed E-state index contributed by atoms with van der Waals surface area (Å²) in [6.45, 7) is 7.04. The summed E-state index contributed by atoms with van der Waals surface area (Å²) in [4.78, 5) is 115. The Morgan fingerprint density at radius 3 is 1.31 bits per heavy atom. The van der Waals surface area contributed by atoms with E-state index in [4.69, 9.17) is 41.2 Å². The highest BCUT2D eigenvalue weighted by Gasteiger charge is 2.47. The summed E-state index contributed by atoms with van der Waals surface area (Å²) in [5.74, 6) is -13.4. The van der Waals surface area contributed by atoms with Gasteiger partial charge in [-0.2, -0.15) is 39.5 Å². The summed E-state index contributed by atoms with van der Waals surface area (Å²) in [6, 6.07) is 46.2. The summed E-state index contributed by atoms with van der Waals surface area (Å²) < 4.78 is 174. The zero-order valence-electron chi connectivity index (χ0n) is 72.4. The van der Waals surface area contributed by atoms with Crippen LogP contribution in [-0.4, -0.2) is 103 Å². The van der Waals surface area contributed by atoms with Crippen molar-refractivity contribution < 1.29 is 106 Å². The van der Waals surface area contributed by atoms with Crippen LogP contribution in [0.1, 0.15) is 155 Å². The molecule has 22 nitrogen and oxygen atoms in total. The molecule has 0 aliphatic rings. The molecule has 0 bridgehead atoms. The van der Waals surface area contributed by atoms with Crippen molar-refractivity contribution in [2.24, 2.45) is 0 Å². The topological polar surface area (TPSA) is 299 Å². The van der Waals surface area contributed by atoms with Gasteiger partial charge in [-0.05, 0) is 213 Å². The van der Waals surface area contributed by atoms with Crippen molar-refractivity contribution in [3.63, 3.8) is 0 Å². The number of aromatic nitrogens is 6. The quantitative estimate of drug-likeness (QED) is 0.0367. The van der Waals surface area contributed by atoms with Gasteiger partial charge in [0, 0.05) is 76.3 Å². The normalized spacial score (nSPS) is 13.0. The van der Waals surface area contributed by atoms with E-state index in [1.54, 1.807) is 120 Å². The number of rotatable bonds is 29. The predicted octanol–water partition coefficient (Wildman–Crippen LogP) is 22.8. The number of aryl methyl sites for hydroxylation is 2. The lowest BCUT2D eigenvalue weighted by Gasteiger charge is -2.26. The molecule has 0 saturated heterocycles. The van der Waals surface area contributed by atoms with Crippen molar-refractivity contribution in [2.45, 2.75) is 135 Å². The van der Waals surface area contributed by atoms with Crippen LogP contribution in [0.4, 0.5) is 43.9 Å². The molecule has 0 fully saturated rings. The average Bonchev–Trinajstić information content (AvgIpc) is 1.54. The fourth-order valence-electron chi connectivity index (χ4n) is 16.3.